The molecule has 0 aliphatic carbocycles. The Morgan fingerprint density at radius 3 is 1.50 bits per heavy atom. The third kappa shape index (κ3) is 4.04. The van der Waals surface area contributed by atoms with E-state index in [-0.39, 0.29) is 37.5 Å². The van der Waals surface area contributed by atoms with Gasteiger partial charge in [-0.15, -0.1) is 0 Å². The van der Waals surface area contributed by atoms with E-state index >= 15 is 0 Å². The molecule has 6 N–H and O–H groups in total. The van der Waals surface area contributed by atoms with E-state index in [0.717, 1.165) is 0 Å². The Morgan fingerprint density at radius 2 is 1.22 bits per heavy atom. The van der Waals surface area contributed by atoms with Crippen LogP contribution in [0.5, 0.6) is 0 Å². The maximum Gasteiger partial charge on any atom is 0.243 e. The van der Waals surface area contributed by atoms with Gasteiger partial charge in [0.2, 0.25) is 23.6 Å². The van der Waals surface area contributed by atoms with E-state index in [2.05, 4.69) is 10.6 Å². The van der Waals surface area contributed by atoms with Crippen LogP contribution in [-0.2, 0) is 19.2 Å². The summed E-state index contributed by atoms with van der Waals surface area (Å²) in [5, 5.41) is 4.97. The van der Waals surface area contributed by atoms with Gasteiger partial charge in [-0.1, -0.05) is 0 Å². The van der Waals surface area contributed by atoms with Gasteiger partial charge >= 0.3 is 0 Å². The fourth-order valence-electron chi connectivity index (χ4n) is 1.66. The first-order valence-corrected chi connectivity index (χ1v) is 5.57. The first-order chi connectivity index (χ1) is 8.40. The number of nitrogens with one attached hydrogen (secondary N) is 2. The summed E-state index contributed by atoms with van der Waals surface area (Å²) >= 11 is 0. The Balaban J connectivity index is 2.48. The van der Waals surface area contributed by atoms with Crippen molar-refractivity contribution >= 4 is 23.6 Å². The number of amides is 4. The summed E-state index contributed by atoms with van der Waals surface area (Å²) < 4.78 is 0. The Labute approximate surface area is 103 Å². The molecule has 4 amide bonds. The first-order valence-electron chi connectivity index (χ1n) is 5.57. The molecule has 0 aromatic carbocycles. The minimum atomic E-state index is -0.755. The highest BCUT2D eigenvalue weighted by Gasteiger charge is 2.33. The number of primary amides is 2. The summed E-state index contributed by atoms with van der Waals surface area (Å²) in [7, 11) is 0. The fraction of sp³-hybridized carbons (Fsp3) is 0.600. The molecule has 0 unspecified atom stereocenters. The summed E-state index contributed by atoms with van der Waals surface area (Å²) in [6.07, 6.45) is 0.361. The van der Waals surface area contributed by atoms with E-state index in [4.69, 9.17) is 11.5 Å². The van der Waals surface area contributed by atoms with Crippen LogP contribution >= 0.6 is 0 Å². The Morgan fingerprint density at radius 1 is 0.889 bits per heavy atom. The zero-order chi connectivity index (χ0) is 13.7. The summed E-state index contributed by atoms with van der Waals surface area (Å²) in [6.45, 7) is 0. The second-order valence-corrected chi connectivity index (χ2v) is 4.13. The van der Waals surface area contributed by atoms with Crippen molar-refractivity contribution in [1.82, 2.24) is 10.6 Å². The van der Waals surface area contributed by atoms with E-state index < -0.39 is 23.9 Å². The van der Waals surface area contributed by atoms with E-state index in [1.165, 1.54) is 0 Å². The summed E-state index contributed by atoms with van der Waals surface area (Å²) in [5.74, 6) is -1.84. The predicted octanol–water partition coefficient (Wildman–Crippen LogP) is -2.50. The van der Waals surface area contributed by atoms with Crippen molar-refractivity contribution in [3.8, 4) is 0 Å². The highest BCUT2D eigenvalue weighted by molar-refractivity contribution is 5.97. The zero-order valence-electron chi connectivity index (χ0n) is 9.77. The Kier molecular flexibility index (Phi) is 4.64. The minimum Gasteiger partial charge on any atom is -0.370 e. The van der Waals surface area contributed by atoms with Crippen molar-refractivity contribution in [2.24, 2.45) is 11.5 Å². The number of carbonyl (C=O) groups is 4. The van der Waals surface area contributed by atoms with Gasteiger partial charge in [0.25, 0.3) is 0 Å². The van der Waals surface area contributed by atoms with Gasteiger partial charge in [0, 0.05) is 12.8 Å². The second-order valence-electron chi connectivity index (χ2n) is 4.13. The molecule has 0 spiro atoms. The van der Waals surface area contributed by atoms with Gasteiger partial charge in [0.1, 0.15) is 12.1 Å². The molecule has 1 fully saturated rings. The van der Waals surface area contributed by atoms with Gasteiger partial charge in [0.15, 0.2) is 0 Å². The van der Waals surface area contributed by atoms with Crippen LogP contribution in [0.2, 0.25) is 0 Å². The molecule has 0 bridgehead atoms. The molecule has 1 aliphatic rings. The number of carbonyl (C=O) groups excluding carboxylic acids is 4. The van der Waals surface area contributed by atoms with Crippen LogP contribution in [0.25, 0.3) is 0 Å². The SMILES string of the molecule is NC(=O)CC[C@@H]1NC(=O)[C@H](CCC(N)=O)NC1=O. The Hall–Kier alpha value is -2.12. The van der Waals surface area contributed by atoms with Gasteiger partial charge in [-0.05, 0) is 12.8 Å². The molecule has 0 aromatic heterocycles. The second kappa shape index (κ2) is 5.99. The summed E-state index contributed by atoms with van der Waals surface area (Å²) in [6, 6.07) is -1.51. The van der Waals surface area contributed by atoms with E-state index in [1.807, 2.05) is 0 Å². The molecule has 1 aliphatic heterocycles. The molecule has 18 heavy (non-hydrogen) atoms. The van der Waals surface area contributed by atoms with Crippen LogP contribution in [0.1, 0.15) is 25.7 Å². The molecular formula is C10H16N4O4. The zero-order valence-corrected chi connectivity index (χ0v) is 9.77. The van der Waals surface area contributed by atoms with Crippen LogP contribution in [0.4, 0.5) is 0 Å². The lowest BCUT2D eigenvalue weighted by atomic mass is 10.0. The topological polar surface area (TPSA) is 144 Å². The van der Waals surface area contributed by atoms with Gasteiger partial charge in [-0.25, -0.2) is 0 Å². The highest BCUT2D eigenvalue weighted by atomic mass is 16.2. The number of piperazine rings is 1. The molecule has 2 atom stereocenters. The van der Waals surface area contributed by atoms with E-state index in [1.54, 1.807) is 0 Å². The standard InChI is InChI=1S/C10H16N4O4/c11-7(15)3-1-5-9(17)14-6(10(18)13-5)2-4-8(12)16/h5-6H,1-4H2,(H2,11,15)(H2,12,16)(H,13,18)(H,14,17)/t5-,6-/m0/s1. The van der Waals surface area contributed by atoms with Crippen molar-refractivity contribution in [1.29, 1.82) is 0 Å². The molecule has 100 valence electrons. The normalized spacial score (nSPS) is 23.1. The molecule has 8 heteroatoms. The van der Waals surface area contributed by atoms with Crippen LogP contribution in [0.15, 0.2) is 0 Å². The molecule has 0 radical (unpaired) electrons. The predicted molar refractivity (Wildman–Crippen MR) is 60.7 cm³/mol. The number of hydrogen-bond donors (Lipinski definition) is 4. The maximum atomic E-state index is 11.6. The molecule has 0 saturated carbocycles. The highest BCUT2D eigenvalue weighted by Crippen LogP contribution is 2.07. The van der Waals surface area contributed by atoms with E-state index in [0.29, 0.717) is 0 Å². The van der Waals surface area contributed by atoms with Crippen molar-refractivity contribution in [3.05, 3.63) is 0 Å². The van der Waals surface area contributed by atoms with Crippen LogP contribution in [0, 0.1) is 0 Å². The van der Waals surface area contributed by atoms with Crippen LogP contribution < -0.4 is 22.1 Å². The lowest BCUT2D eigenvalue weighted by Crippen LogP contribution is -2.61. The fourth-order valence-corrected chi connectivity index (χ4v) is 1.66. The van der Waals surface area contributed by atoms with Crippen LogP contribution in [0.3, 0.4) is 0 Å². The third-order valence-corrected chi connectivity index (χ3v) is 2.62. The van der Waals surface area contributed by atoms with Gasteiger partial charge in [0.05, 0.1) is 0 Å². The van der Waals surface area contributed by atoms with Crippen molar-refractivity contribution in [2.45, 2.75) is 37.8 Å². The molecule has 8 nitrogen and oxygen atoms in total. The molecule has 1 heterocycles. The smallest absolute Gasteiger partial charge is 0.243 e. The number of hydrogen-bond acceptors (Lipinski definition) is 4. The summed E-state index contributed by atoms with van der Waals surface area (Å²) in [4.78, 5) is 44.4. The number of rotatable bonds is 6. The first kappa shape index (κ1) is 13.9. The molecule has 1 saturated heterocycles. The van der Waals surface area contributed by atoms with Crippen LogP contribution in [-0.4, -0.2) is 35.7 Å². The molecule has 1 rings (SSSR count). The molecular weight excluding hydrogens is 240 g/mol. The average molecular weight is 256 g/mol. The number of nitrogens with two attached hydrogens (primary N) is 2. The molecule has 0 aromatic rings. The summed E-state index contributed by atoms with van der Waals surface area (Å²) in [5.41, 5.74) is 9.93. The monoisotopic (exact) mass is 256 g/mol. The van der Waals surface area contributed by atoms with Crippen molar-refractivity contribution in [3.63, 3.8) is 0 Å². The van der Waals surface area contributed by atoms with Gasteiger partial charge < -0.3 is 22.1 Å². The lowest BCUT2D eigenvalue weighted by Gasteiger charge is -2.29. The lowest BCUT2D eigenvalue weighted by molar-refractivity contribution is -0.137. The minimum absolute atomic E-state index is 0.0182. The van der Waals surface area contributed by atoms with Crippen molar-refractivity contribution < 1.29 is 19.2 Å². The third-order valence-electron chi connectivity index (χ3n) is 2.62. The Bertz CT molecular complexity index is 346. The largest absolute Gasteiger partial charge is 0.370 e. The average Bonchev–Trinajstić information content (AvgIpc) is 2.27. The van der Waals surface area contributed by atoms with Gasteiger partial charge in [-0.2, -0.15) is 0 Å². The van der Waals surface area contributed by atoms with E-state index in [9.17, 15) is 19.2 Å². The quantitative estimate of drug-likeness (QED) is 0.416. The maximum absolute atomic E-state index is 11.6. The van der Waals surface area contributed by atoms with Gasteiger partial charge in [-0.3, -0.25) is 19.2 Å². The van der Waals surface area contributed by atoms with Crippen molar-refractivity contribution in [2.75, 3.05) is 0 Å².